The van der Waals surface area contributed by atoms with Gasteiger partial charge in [0.1, 0.15) is 5.01 Å². The third-order valence-electron chi connectivity index (χ3n) is 5.57. The lowest BCUT2D eigenvalue weighted by Crippen LogP contribution is -2.32. The van der Waals surface area contributed by atoms with Crippen molar-refractivity contribution in [2.75, 3.05) is 17.9 Å². The minimum absolute atomic E-state index is 0.0834. The summed E-state index contributed by atoms with van der Waals surface area (Å²) in [5.41, 5.74) is 1.80. The molecule has 33 heavy (non-hydrogen) atoms. The van der Waals surface area contributed by atoms with Gasteiger partial charge in [0.25, 0.3) is 15.9 Å². The lowest BCUT2D eigenvalue weighted by molar-refractivity contribution is 0.0742. The second-order valence-corrected chi connectivity index (χ2v) is 10.6. The molecule has 8 heteroatoms. The van der Waals surface area contributed by atoms with Crippen molar-refractivity contribution in [1.29, 1.82) is 0 Å². The van der Waals surface area contributed by atoms with Crippen molar-refractivity contribution in [3.05, 3.63) is 89.4 Å². The number of hydrogen-bond acceptors (Lipinski definition) is 5. The Bertz CT molecular complexity index is 1350. The zero-order chi connectivity index (χ0) is 23.6. The summed E-state index contributed by atoms with van der Waals surface area (Å²) in [6.07, 6.45) is 0. The number of aromatic nitrogens is 1. The molecule has 1 aromatic heterocycles. The molecular weight excluding hydrogens is 454 g/mol. The number of carbonyl (C=O) groups is 1. The molecule has 0 unspecified atom stereocenters. The van der Waals surface area contributed by atoms with E-state index in [0.29, 0.717) is 11.3 Å². The van der Waals surface area contributed by atoms with Crippen molar-refractivity contribution in [2.24, 2.45) is 0 Å². The summed E-state index contributed by atoms with van der Waals surface area (Å²) < 4.78 is 29.1. The summed E-state index contributed by atoms with van der Waals surface area (Å²) in [6, 6.07) is 22.8. The number of carbonyl (C=O) groups excluding carboxylic acids is 1. The first kappa shape index (κ1) is 22.9. The number of hydrogen-bond donors (Lipinski definition) is 0. The molecule has 0 aliphatic heterocycles. The quantitative estimate of drug-likeness (QED) is 0.359. The van der Waals surface area contributed by atoms with Crippen molar-refractivity contribution in [3.8, 4) is 0 Å². The van der Waals surface area contributed by atoms with Gasteiger partial charge in [-0.3, -0.25) is 9.10 Å². The topological polar surface area (TPSA) is 70.6 Å². The highest BCUT2D eigenvalue weighted by molar-refractivity contribution is 7.92. The first-order valence-electron chi connectivity index (χ1n) is 10.6. The highest BCUT2D eigenvalue weighted by Gasteiger charge is 2.26. The number of benzene rings is 3. The van der Waals surface area contributed by atoms with E-state index in [1.807, 2.05) is 37.3 Å². The van der Waals surface area contributed by atoms with E-state index in [1.54, 1.807) is 66.6 Å². The van der Waals surface area contributed by atoms with Crippen molar-refractivity contribution in [3.63, 3.8) is 0 Å². The first-order valence-corrected chi connectivity index (χ1v) is 12.9. The Morgan fingerprint density at radius 3 is 2.39 bits per heavy atom. The molecule has 0 spiro atoms. The number of anilines is 1. The Morgan fingerprint density at radius 1 is 1.00 bits per heavy atom. The van der Waals surface area contributed by atoms with Gasteiger partial charge in [0, 0.05) is 19.2 Å². The molecule has 1 amide bonds. The van der Waals surface area contributed by atoms with Gasteiger partial charge in [-0.1, -0.05) is 36.4 Å². The number of rotatable bonds is 7. The number of sulfonamides is 1. The Kier molecular flexibility index (Phi) is 6.49. The molecule has 1 atom stereocenters. The highest BCUT2D eigenvalue weighted by atomic mass is 32.2. The van der Waals surface area contributed by atoms with E-state index in [9.17, 15) is 13.2 Å². The maximum absolute atomic E-state index is 13.4. The van der Waals surface area contributed by atoms with E-state index >= 15 is 0 Å². The third-order valence-corrected chi connectivity index (χ3v) is 8.68. The van der Waals surface area contributed by atoms with Crippen LogP contribution in [-0.2, 0) is 10.0 Å². The highest BCUT2D eigenvalue weighted by Crippen LogP contribution is 2.30. The van der Waals surface area contributed by atoms with Gasteiger partial charge in [-0.05, 0) is 56.3 Å². The molecule has 0 N–H and O–H groups in total. The smallest absolute Gasteiger partial charge is 0.264 e. The minimum Gasteiger partial charge on any atom is -0.333 e. The summed E-state index contributed by atoms with van der Waals surface area (Å²) in [5, 5.41) is 0.831. The van der Waals surface area contributed by atoms with Crippen LogP contribution in [0, 0.1) is 0 Å². The number of thiazole rings is 1. The summed E-state index contributed by atoms with van der Waals surface area (Å²) in [4.78, 5) is 19.6. The van der Waals surface area contributed by atoms with Crippen LogP contribution in [0.3, 0.4) is 0 Å². The van der Waals surface area contributed by atoms with Gasteiger partial charge in [0.15, 0.2) is 0 Å². The summed E-state index contributed by atoms with van der Waals surface area (Å²) in [7, 11) is -2.11. The summed E-state index contributed by atoms with van der Waals surface area (Å²) >= 11 is 1.55. The van der Waals surface area contributed by atoms with E-state index in [2.05, 4.69) is 4.98 Å². The molecule has 0 bridgehead atoms. The fourth-order valence-corrected chi connectivity index (χ4v) is 6.20. The fraction of sp³-hybridized carbons (Fsp3) is 0.200. The van der Waals surface area contributed by atoms with Crippen LogP contribution in [0.1, 0.15) is 35.3 Å². The summed E-state index contributed by atoms with van der Waals surface area (Å²) in [6.45, 7) is 3.98. The molecule has 4 aromatic rings. The van der Waals surface area contributed by atoms with Gasteiger partial charge < -0.3 is 4.90 Å². The van der Waals surface area contributed by atoms with E-state index in [4.69, 9.17) is 0 Å². The lowest BCUT2D eigenvalue weighted by atomic mass is 10.2. The standard InChI is InChI=1S/C25H25N3O3S2/c1-4-28(20-12-6-5-7-13-20)33(30,31)21-14-10-11-19(17-21)25(29)27(3)18(2)24-26-22-15-8-9-16-23(22)32-24/h5-18H,4H2,1-3H3/t18-/m1/s1. The molecule has 1 heterocycles. The van der Waals surface area contributed by atoms with Crippen LogP contribution in [-0.4, -0.2) is 37.8 Å². The number of nitrogens with zero attached hydrogens (tertiary/aromatic N) is 3. The molecule has 0 saturated carbocycles. The van der Waals surface area contributed by atoms with Crippen molar-refractivity contribution in [1.82, 2.24) is 9.88 Å². The molecule has 170 valence electrons. The largest absolute Gasteiger partial charge is 0.333 e. The molecule has 6 nitrogen and oxygen atoms in total. The zero-order valence-corrected chi connectivity index (χ0v) is 20.3. The Morgan fingerprint density at radius 2 is 1.70 bits per heavy atom. The van der Waals surface area contributed by atoms with Gasteiger partial charge >= 0.3 is 0 Å². The SMILES string of the molecule is CCN(c1ccccc1)S(=O)(=O)c1cccc(C(=O)N(C)[C@H](C)c2nc3ccccc3s2)c1. The minimum atomic E-state index is -3.82. The predicted octanol–water partition coefficient (Wildman–Crippen LogP) is 5.34. The Labute approximate surface area is 198 Å². The van der Waals surface area contributed by atoms with Gasteiger partial charge in [-0.2, -0.15) is 0 Å². The molecule has 0 aliphatic rings. The third kappa shape index (κ3) is 4.49. The van der Waals surface area contributed by atoms with Gasteiger partial charge in [0.05, 0.1) is 26.8 Å². The average Bonchev–Trinajstić information content (AvgIpc) is 3.28. The Hall–Kier alpha value is -3.23. The lowest BCUT2D eigenvalue weighted by Gasteiger charge is -2.25. The number of fused-ring (bicyclic) bond motifs is 1. The number of amides is 1. The second kappa shape index (κ2) is 9.33. The molecule has 0 fully saturated rings. The fourth-order valence-electron chi connectivity index (χ4n) is 3.62. The van der Waals surface area contributed by atoms with Crippen molar-refractivity contribution >= 4 is 43.2 Å². The van der Waals surface area contributed by atoms with Gasteiger partial charge in [-0.15, -0.1) is 11.3 Å². The van der Waals surface area contributed by atoms with E-state index < -0.39 is 10.0 Å². The van der Waals surface area contributed by atoms with E-state index in [-0.39, 0.29) is 23.4 Å². The monoisotopic (exact) mass is 479 g/mol. The van der Waals surface area contributed by atoms with E-state index in [0.717, 1.165) is 15.2 Å². The van der Waals surface area contributed by atoms with Gasteiger partial charge in [0.2, 0.25) is 0 Å². The van der Waals surface area contributed by atoms with Crippen LogP contribution < -0.4 is 4.31 Å². The number of para-hydroxylation sites is 2. The normalized spacial score (nSPS) is 12.5. The van der Waals surface area contributed by atoms with Crippen LogP contribution in [0.15, 0.2) is 83.8 Å². The van der Waals surface area contributed by atoms with Gasteiger partial charge in [-0.25, -0.2) is 13.4 Å². The van der Waals surface area contributed by atoms with Crippen LogP contribution in [0.4, 0.5) is 5.69 Å². The summed E-state index contributed by atoms with van der Waals surface area (Å²) in [5.74, 6) is -0.262. The molecule has 0 aliphatic carbocycles. The van der Waals surface area contributed by atoms with Crippen LogP contribution >= 0.6 is 11.3 Å². The van der Waals surface area contributed by atoms with Crippen LogP contribution in [0.25, 0.3) is 10.2 Å². The first-order chi connectivity index (χ1) is 15.8. The van der Waals surface area contributed by atoms with E-state index in [1.165, 1.54) is 16.4 Å². The molecule has 4 rings (SSSR count). The molecule has 3 aromatic carbocycles. The Balaban J connectivity index is 1.61. The maximum Gasteiger partial charge on any atom is 0.264 e. The average molecular weight is 480 g/mol. The zero-order valence-electron chi connectivity index (χ0n) is 18.7. The van der Waals surface area contributed by atoms with Crippen LogP contribution in [0.5, 0.6) is 0 Å². The van der Waals surface area contributed by atoms with Crippen molar-refractivity contribution < 1.29 is 13.2 Å². The van der Waals surface area contributed by atoms with Crippen LogP contribution in [0.2, 0.25) is 0 Å². The van der Waals surface area contributed by atoms with Crippen molar-refractivity contribution in [2.45, 2.75) is 24.8 Å². The molecule has 0 radical (unpaired) electrons. The maximum atomic E-state index is 13.4. The predicted molar refractivity (Wildman–Crippen MR) is 133 cm³/mol. The molecular formula is C25H25N3O3S2. The molecule has 0 saturated heterocycles. The second-order valence-electron chi connectivity index (χ2n) is 7.65.